The first-order chi connectivity index (χ1) is 9.24. The number of benzene rings is 1. The normalized spacial score (nSPS) is 18.9. The minimum Gasteiger partial charge on any atom is -0.484 e. The highest BCUT2D eigenvalue weighted by atomic mass is 16.8. The van der Waals surface area contributed by atoms with Gasteiger partial charge in [-0.05, 0) is 37.5 Å². The average Bonchev–Trinajstić information content (AvgIpc) is 2.44. The molecular weight excluding hydrogens is 246 g/mol. The monoisotopic (exact) mass is 265 g/mol. The number of nitrogens with one attached hydrogen (secondary N) is 1. The van der Waals surface area contributed by atoms with Crippen molar-refractivity contribution in [3.05, 3.63) is 29.8 Å². The van der Waals surface area contributed by atoms with E-state index in [1.54, 1.807) is 0 Å². The summed E-state index contributed by atoms with van der Waals surface area (Å²) < 4.78 is 10.7. The van der Waals surface area contributed by atoms with Gasteiger partial charge in [0, 0.05) is 13.0 Å². The zero-order valence-electron chi connectivity index (χ0n) is 11.1. The summed E-state index contributed by atoms with van der Waals surface area (Å²) >= 11 is 0. The quantitative estimate of drug-likeness (QED) is 0.827. The fourth-order valence-electron chi connectivity index (χ4n) is 1.82. The molecule has 0 bridgehead atoms. The fourth-order valence-corrected chi connectivity index (χ4v) is 1.82. The van der Waals surface area contributed by atoms with Crippen molar-refractivity contribution in [3.63, 3.8) is 0 Å². The molecule has 1 N–H and O–H groups in total. The molecule has 5 nitrogen and oxygen atoms in total. The molecule has 0 spiro atoms. The van der Waals surface area contributed by atoms with Crippen LogP contribution in [0.15, 0.2) is 24.3 Å². The van der Waals surface area contributed by atoms with Crippen LogP contribution in [0.1, 0.15) is 24.8 Å². The Morgan fingerprint density at radius 3 is 3.11 bits per heavy atom. The van der Waals surface area contributed by atoms with Gasteiger partial charge in [-0.15, -0.1) is 0 Å². The van der Waals surface area contributed by atoms with Crippen LogP contribution < -0.4 is 10.2 Å². The van der Waals surface area contributed by atoms with Crippen LogP contribution >= 0.6 is 0 Å². The molecule has 104 valence electrons. The van der Waals surface area contributed by atoms with Gasteiger partial charge in [0.05, 0.1) is 0 Å². The molecule has 5 heteroatoms. The summed E-state index contributed by atoms with van der Waals surface area (Å²) in [6.07, 6.45) is 2.57. The molecule has 0 aliphatic carbocycles. The van der Waals surface area contributed by atoms with E-state index in [-0.39, 0.29) is 18.8 Å². The first-order valence-corrected chi connectivity index (χ1v) is 6.49. The van der Waals surface area contributed by atoms with E-state index in [0.29, 0.717) is 12.4 Å². The molecule has 1 saturated heterocycles. The van der Waals surface area contributed by atoms with Crippen LogP contribution in [0.4, 0.5) is 0 Å². The van der Waals surface area contributed by atoms with Crippen LogP contribution in [-0.2, 0) is 14.4 Å². The molecule has 1 heterocycles. The number of rotatable bonds is 5. The Bertz CT molecular complexity index is 416. The summed E-state index contributed by atoms with van der Waals surface area (Å²) in [4.78, 5) is 16.7. The lowest BCUT2D eigenvalue weighted by Crippen LogP contribution is -2.35. The van der Waals surface area contributed by atoms with Gasteiger partial charge >= 0.3 is 0 Å². The van der Waals surface area contributed by atoms with Crippen molar-refractivity contribution < 1.29 is 19.1 Å². The Morgan fingerprint density at radius 2 is 2.37 bits per heavy atom. The third kappa shape index (κ3) is 4.89. The first kappa shape index (κ1) is 13.8. The van der Waals surface area contributed by atoms with Gasteiger partial charge in [-0.3, -0.25) is 4.79 Å². The molecule has 1 amide bonds. The number of aryl methyl sites for hydroxylation is 1. The van der Waals surface area contributed by atoms with Crippen molar-refractivity contribution in [1.29, 1.82) is 0 Å². The summed E-state index contributed by atoms with van der Waals surface area (Å²) in [5.41, 5.74) is 3.44. The molecule has 1 atom stereocenters. The predicted octanol–water partition coefficient (Wildman–Crippen LogP) is 1.95. The maximum atomic E-state index is 11.5. The average molecular weight is 265 g/mol. The molecule has 1 aromatic carbocycles. The number of carbonyl (C=O) groups is 1. The molecule has 0 radical (unpaired) electrons. The zero-order chi connectivity index (χ0) is 13.5. The van der Waals surface area contributed by atoms with Crippen molar-refractivity contribution in [3.8, 4) is 5.75 Å². The Balaban J connectivity index is 1.66. The second kappa shape index (κ2) is 7.11. The van der Waals surface area contributed by atoms with E-state index in [1.165, 1.54) is 0 Å². The van der Waals surface area contributed by atoms with E-state index >= 15 is 0 Å². The van der Waals surface area contributed by atoms with Crippen molar-refractivity contribution in [1.82, 2.24) is 5.48 Å². The number of ether oxygens (including phenoxy) is 2. The summed E-state index contributed by atoms with van der Waals surface area (Å²) in [6, 6.07) is 7.54. The second-order valence-electron chi connectivity index (χ2n) is 4.54. The molecule has 2 rings (SSSR count). The Kier molecular flexibility index (Phi) is 5.18. The first-order valence-electron chi connectivity index (χ1n) is 6.49. The number of hydrogen-bond donors (Lipinski definition) is 1. The maximum Gasteiger partial charge on any atom is 0.281 e. The Morgan fingerprint density at radius 1 is 1.47 bits per heavy atom. The van der Waals surface area contributed by atoms with Gasteiger partial charge < -0.3 is 9.47 Å². The summed E-state index contributed by atoms with van der Waals surface area (Å²) in [5.74, 6) is 0.347. The molecule has 1 aliphatic rings. The topological polar surface area (TPSA) is 56.8 Å². The minimum absolute atomic E-state index is 0.0732. The highest BCUT2D eigenvalue weighted by molar-refractivity contribution is 5.76. The number of hydrogen-bond acceptors (Lipinski definition) is 4. The summed E-state index contributed by atoms with van der Waals surface area (Å²) in [5, 5.41) is 0. The zero-order valence-corrected chi connectivity index (χ0v) is 11.1. The van der Waals surface area contributed by atoms with Gasteiger partial charge in [0.1, 0.15) is 5.75 Å². The van der Waals surface area contributed by atoms with Crippen LogP contribution in [0.3, 0.4) is 0 Å². The van der Waals surface area contributed by atoms with Gasteiger partial charge in [-0.1, -0.05) is 12.1 Å². The van der Waals surface area contributed by atoms with E-state index in [1.807, 2.05) is 31.2 Å². The third-order valence-electron chi connectivity index (χ3n) is 2.80. The number of carbonyl (C=O) groups excluding carboxylic acids is 1. The highest BCUT2D eigenvalue weighted by Crippen LogP contribution is 2.13. The van der Waals surface area contributed by atoms with Crippen LogP contribution in [0, 0.1) is 6.92 Å². The smallest absolute Gasteiger partial charge is 0.281 e. The SMILES string of the molecule is Cc1cccc(OCC(=O)NOC2CCCCO2)c1. The number of hydroxylamine groups is 1. The molecule has 19 heavy (non-hydrogen) atoms. The maximum absolute atomic E-state index is 11.5. The molecular formula is C14H19NO4. The van der Waals surface area contributed by atoms with Crippen LogP contribution in [0.25, 0.3) is 0 Å². The minimum atomic E-state index is -0.336. The summed E-state index contributed by atoms with van der Waals surface area (Å²) in [6.45, 7) is 2.58. The van der Waals surface area contributed by atoms with Gasteiger partial charge in [0.2, 0.25) is 0 Å². The largest absolute Gasteiger partial charge is 0.484 e. The van der Waals surface area contributed by atoms with Crippen LogP contribution in [0.2, 0.25) is 0 Å². The van der Waals surface area contributed by atoms with Gasteiger partial charge in [-0.25, -0.2) is 10.3 Å². The Labute approximate surface area is 112 Å². The van der Waals surface area contributed by atoms with Crippen LogP contribution in [-0.4, -0.2) is 25.4 Å². The third-order valence-corrected chi connectivity index (χ3v) is 2.80. The van der Waals surface area contributed by atoms with E-state index in [9.17, 15) is 4.79 Å². The molecule has 0 aromatic heterocycles. The van der Waals surface area contributed by atoms with Crippen molar-refractivity contribution >= 4 is 5.91 Å². The lowest BCUT2D eigenvalue weighted by atomic mass is 10.2. The van der Waals surface area contributed by atoms with Crippen molar-refractivity contribution in [2.45, 2.75) is 32.5 Å². The van der Waals surface area contributed by atoms with E-state index in [2.05, 4.69) is 5.48 Å². The predicted molar refractivity (Wildman–Crippen MR) is 69.5 cm³/mol. The number of amides is 1. The molecule has 1 unspecified atom stereocenters. The fraction of sp³-hybridized carbons (Fsp3) is 0.500. The molecule has 1 aliphatic heterocycles. The summed E-state index contributed by atoms with van der Waals surface area (Å²) in [7, 11) is 0. The van der Waals surface area contributed by atoms with Crippen molar-refractivity contribution in [2.75, 3.05) is 13.2 Å². The lowest BCUT2D eigenvalue weighted by molar-refractivity contribution is -0.201. The Hall–Kier alpha value is -1.59. The van der Waals surface area contributed by atoms with E-state index in [0.717, 1.165) is 24.8 Å². The van der Waals surface area contributed by atoms with E-state index in [4.69, 9.17) is 14.3 Å². The van der Waals surface area contributed by atoms with Gasteiger partial charge in [-0.2, -0.15) is 0 Å². The lowest BCUT2D eigenvalue weighted by Gasteiger charge is -2.22. The molecule has 1 aromatic rings. The highest BCUT2D eigenvalue weighted by Gasteiger charge is 2.15. The molecule has 1 fully saturated rings. The van der Waals surface area contributed by atoms with Gasteiger partial charge in [0.25, 0.3) is 5.91 Å². The standard InChI is InChI=1S/C14H19NO4/c1-11-5-4-6-12(9-11)18-10-13(16)15-19-14-7-2-3-8-17-14/h4-6,9,14H,2-3,7-8,10H2,1H3,(H,15,16). The van der Waals surface area contributed by atoms with Crippen LogP contribution in [0.5, 0.6) is 5.75 Å². The van der Waals surface area contributed by atoms with E-state index < -0.39 is 0 Å². The second-order valence-corrected chi connectivity index (χ2v) is 4.54. The molecule has 0 saturated carbocycles. The van der Waals surface area contributed by atoms with Crippen molar-refractivity contribution in [2.24, 2.45) is 0 Å². The van der Waals surface area contributed by atoms with Gasteiger partial charge in [0.15, 0.2) is 12.9 Å².